The number of nitrogens with zero attached hydrogens (tertiary/aromatic N) is 2. The Hall–Kier alpha value is -2.27. The molecule has 98 valence electrons. The third-order valence-corrected chi connectivity index (χ3v) is 2.68. The number of amides is 1. The van der Waals surface area contributed by atoms with E-state index in [1.807, 2.05) is 30.3 Å². The monoisotopic (exact) mass is 257 g/mol. The van der Waals surface area contributed by atoms with E-state index >= 15 is 0 Å². The second kappa shape index (κ2) is 6.61. The van der Waals surface area contributed by atoms with Gasteiger partial charge in [-0.1, -0.05) is 30.3 Å². The fourth-order valence-corrected chi connectivity index (χ4v) is 1.74. The normalized spacial score (nSPS) is 11.8. The van der Waals surface area contributed by atoms with Crippen LogP contribution in [0.15, 0.2) is 48.9 Å². The summed E-state index contributed by atoms with van der Waals surface area (Å²) >= 11 is 0. The zero-order chi connectivity index (χ0) is 13.5. The van der Waals surface area contributed by atoms with Crippen LogP contribution in [-0.4, -0.2) is 33.6 Å². The molecule has 0 saturated heterocycles. The highest BCUT2D eigenvalue weighted by Crippen LogP contribution is 2.03. The summed E-state index contributed by atoms with van der Waals surface area (Å²) in [4.78, 5) is 19.6. The predicted molar refractivity (Wildman–Crippen MR) is 70.5 cm³/mol. The van der Waals surface area contributed by atoms with Crippen LogP contribution < -0.4 is 5.32 Å². The molecule has 0 bridgehead atoms. The first-order chi connectivity index (χ1) is 9.29. The third-order valence-electron chi connectivity index (χ3n) is 2.68. The van der Waals surface area contributed by atoms with Gasteiger partial charge in [0.25, 0.3) is 5.91 Å². The van der Waals surface area contributed by atoms with Gasteiger partial charge in [0.05, 0.1) is 18.8 Å². The van der Waals surface area contributed by atoms with E-state index in [9.17, 15) is 9.90 Å². The van der Waals surface area contributed by atoms with Gasteiger partial charge < -0.3 is 10.4 Å². The second-order valence-corrected chi connectivity index (χ2v) is 4.13. The molecule has 2 rings (SSSR count). The van der Waals surface area contributed by atoms with Crippen LogP contribution in [0.5, 0.6) is 0 Å². The maximum Gasteiger partial charge on any atom is 0.271 e. The van der Waals surface area contributed by atoms with E-state index in [1.165, 1.54) is 18.6 Å². The van der Waals surface area contributed by atoms with Crippen molar-refractivity contribution in [2.45, 2.75) is 12.5 Å². The van der Waals surface area contributed by atoms with Crippen LogP contribution >= 0.6 is 0 Å². The molecule has 0 unspecified atom stereocenters. The van der Waals surface area contributed by atoms with Gasteiger partial charge in [-0.15, -0.1) is 0 Å². The molecule has 19 heavy (non-hydrogen) atoms. The van der Waals surface area contributed by atoms with Crippen LogP contribution in [-0.2, 0) is 6.42 Å². The first kappa shape index (κ1) is 13.2. The Balaban J connectivity index is 1.98. The van der Waals surface area contributed by atoms with Crippen LogP contribution in [0.25, 0.3) is 0 Å². The Morgan fingerprint density at radius 1 is 1.26 bits per heavy atom. The predicted octanol–water partition coefficient (Wildman–Crippen LogP) is 0.810. The number of hydrogen-bond donors (Lipinski definition) is 2. The smallest absolute Gasteiger partial charge is 0.271 e. The van der Waals surface area contributed by atoms with Gasteiger partial charge in [0.15, 0.2) is 0 Å². The number of nitrogens with one attached hydrogen (secondary N) is 1. The van der Waals surface area contributed by atoms with Gasteiger partial charge in [0.2, 0.25) is 0 Å². The third kappa shape index (κ3) is 3.86. The second-order valence-electron chi connectivity index (χ2n) is 4.13. The number of benzene rings is 1. The molecule has 5 heteroatoms. The molecular weight excluding hydrogens is 242 g/mol. The largest absolute Gasteiger partial charge is 0.394 e. The van der Waals surface area contributed by atoms with Gasteiger partial charge in [0, 0.05) is 12.4 Å². The van der Waals surface area contributed by atoms with Crippen molar-refractivity contribution in [2.75, 3.05) is 6.61 Å². The van der Waals surface area contributed by atoms with Gasteiger partial charge in [0.1, 0.15) is 5.69 Å². The molecule has 1 amide bonds. The van der Waals surface area contributed by atoms with E-state index in [1.54, 1.807) is 0 Å². The lowest BCUT2D eigenvalue weighted by molar-refractivity contribution is 0.0911. The minimum Gasteiger partial charge on any atom is -0.394 e. The fraction of sp³-hybridized carbons (Fsp3) is 0.214. The molecule has 1 aromatic carbocycles. The first-order valence-electron chi connectivity index (χ1n) is 6.01. The molecule has 0 saturated carbocycles. The van der Waals surface area contributed by atoms with Crippen LogP contribution in [0.2, 0.25) is 0 Å². The van der Waals surface area contributed by atoms with Crippen LogP contribution in [0.1, 0.15) is 16.1 Å². The Labute approximate surface area is 111 Å². The van der Waals surface area contributed by atoms with Crippen molar-refractivity contribution in [2.24, 2.45) is 0 Å². The zero-order valence-corrected chi connectivity index (χ0v) is 10.4. The number of rotatable bonds is 5. The number of aliphatic hydroxyl groups is 1. The molecule has 2 N–H and O–H groups in total. The summed E-state index contributed by atoms with van der Waals surface area (Å²) in [6.07, 6.45) is 4.93. The van der Waals surface area contributed by atoms with E-state index < -0.39 is 0 Å². The molecular formula is C14H15N3O2. The summed E-state index contributed by atoms with van der Waals surface area (Å²) in [5, 5.41) is 12.1. The Morgan fingerprint density at radius 3 is 2.68 bits per heavy atom. The van der Waals surface area contributed by atoms with Crippen molar-refractivity contribution in [1.82, 2.24) is 15.3 Å². The molecule has 0 aliphatic carbocycles. The van der Waals surface area contributed by atoms with Crippen molar-refractivity contribution in [1.29, 1.82) is 0 Å². The number of carbonyl (C=O) groups excluding carboxylic acids is 1. The summed E-state index contributed by atoms with van der Waals surface area (Å²) in [6, 6.07) is 9.35. The van der Waals surface area contributed by atoms with Crippen molar-refractivity contribution < 1.29 is 9.90 Å². The molecule has 0 spiro atoms. The van der Waals surface area contributed by atoms with Crippen molar-refractivity contribution in [3.05, 3.63) is 60.2 Å². The molecule has 0 radical (unpaired) electrons. The Kier molecular flexibility index (Phi) is 4.58. The molecule has 0 aliphatic heterocycles. The fourth-order valence-electron chi connectivity index (χ4n) is 1.74. The van der Waals surface area contributed by atoms with Crippen LogP contribution in [0.3, 0.4) is 0 Å². The summed E-state index contributed by atoms with van der Waals surface area (Å²) in [6.45, 7) is -0.124. The lowest BCUT2D eigenvalue weighted by Gasteiger charge is -2.15. The molecule has 5 nitrogen and oxygen atoms in total. The highest BCUT2D eigenvalue weighted by Gasteiger charge is 2.14. The number of aromatic nitrogens is 2. The minimum absolute atomic E-state index is 0.124. The van der Waals surface area contributed by atoms with Gasteiger partial charge in [-0.05, 0) is 12.0 Å². The molecule has 2 aromatic rings. The minimum atomic E-state index is -0.336. The molecule has 1 atom stereocenters. The van der Waals surface area contributed by atoms with Crippen molar-refractivity contribution >= 4 is 5.91 Å². The average Bonchev–Trinajstić information content (AvgIpc) is 2.48. The van der Waals surface area contributed by atoms with Gasteiger partial charge >= 0.3 is 0 Å². The summed E-state index contributed by atoms with van der Waals surface area (Å²) in [5.41, 5.74) is 1.30. The highest BCUT2D eigenvalue weighted by atomic mass is 16.3. The van der Waals surface area contributed by atoms with E-state index in [0.717, 1.165) is 5.56 Å². The SMILES string of the molecule is O=C(N[C@H](CO)Cc1ccccc1)c1cnccn1. The molecule has 0 fully saturated rings. The molecule has 1 heterocycles. The number of aliphatic hydroxyl groups excluding tert-OH is 1. The Morgan fingerprint density at radius 2 is 2.05 bits per heavy atom. The zero-order valence-electron chi connectivity index (χ0n) is 10.4. The van der Waals surface area contributed by atoms with Gasteiger partial charge in [-0.3, -0.25) is 9.78 Å². The highest BCUT2D eigenvalue weighted by molar-refractivity contribution is 5.92. The molecule has 0 aliphatic rings. The van der Waals surface area contributed by atoms with E-state index in [4.69, 9.17) is 0 Å². The van der Waals surface area contributed by atoms with E-state index in [-0.39, 0.29) is 24.2 Å². The van der Waals surface area contributed by atoms with E-state index in [2.05, 4.69) is 15.3 Å². The number of hydrogen-bond acceptors (Lipinski definition) is 4. The van der Waals surface area contributed by atoms with Gasteiger partial charge in [-0.25, -0.2) is 4.98 Å². The van der Waals surface area contributed by atoms with Crippen molar-refractivity contribution in [3.63, 3.8) is 0 Å². The summed E-state index contributed by atoms with van der Waals surface area (Å²) < 4.78 is 0. The van der Waals surface area contributed by atoms with Crippen LogP contribution in [0, 0.1) is 0 Å². The Bertz CT molecular complexity index is 517. The average molecular weight is 257 g/mol. The first-order valence-corrected chi connectivity index (χ1v) is 6.01. The quantitative estimate of drug-likeness (QED) is 0.831. The van der Waals surface area contributed by atoms with Crippen LogP contribution in [0.4, 0.5) is 0 Å². The molecule has 1 aromatic heterocycles. The topological polar surface area (TPSA) is 75.1 Å². The lowest BCUT2D eigenvalue weighted by atomic mass is 10.1. The summed E-state index contributed by atoms with van der Waals surface area (Å²) in [5.74, 6) is -0.330. The maximum atomic E-state index is 11.9. The number of carbonyl (C=O) groups is 1. The lowest BCUT2D eigenvalue weighted by Crippen LogP contribution is -2.39. The maximum absolute atomic E-state index is 11.9. The van der Waals surface area contributed by atoms with E-state index in [0.29, 0.717) is 6.42 Å². The summed E-state index contributed by atoms with van der Waals surface area (Å²) in [7, 11) is 0. The standard InChI is InChI=1S/C14H15N3O2/c18-10-12(8-11-4-2-1-3-5-11)17-14(19)13-9-15-6-7-16-13/h1-7,9,12,18H,8,10H2,(H,17,19)/t12-/m0/s1. The van der Waals surface area contributed by atoms with Gasteiger partial charge in [-0.2, -0.15) is 0 Å². The van der Waals surface area contributed by atoms with Crippen molar-refractivity contribution in [3.8, 4) is 0 Å².